The van der Waals surface area contributed by atoms with Crippen LogP contribution in [0.5, 0.6) is 0 Å². The molecular formula is C12H6F21NO2S. The fourth-order valence-corrected chi connectivity index (χ4v) is 3.57. The standard InChI is InChI=1S/C12H6F21NO2S/c1-2-34(4(15,16)3(13)14)37(35,36)12(32,33)10(27,28)8(23,24)6(19,20)5(17,18)7(21,22)9(25,26)11(29,30)31/h3H,2H2,1H3. The normalized spacial score (nSPS) is 16.6. The van der Waals surface area contributed by atoms with Gasteiger partial charge in [-0.15, -0.1) is 4.31 Å². The van der Waals surface area contributed by atoms with Gasteiger partial charge in [0, 0.05) is 6.54 Å². The molecule has 0 unspecified atom stereocenters. The van der Waals surface area contributed by atoms with E-state index >= 15 is 0 Å². The number of sulfonamides is 1. The average Bonchev–Trinajstić information content (AvgIpc) is 2.65. The van der Waals surface area contributed by atoms with Gasteiger partial charge >= 0.3 is 59.4 Å². The number of rotatable bonds is 11. The molecule has 0 rings (SSSR count). The van der Waals surface area contributed by atoms with Gasteiger partial charge in [-0.2, -0.15) is 83.4 Å². The number of halogens is 21. The van der Waals surface area contributed by atoms with E-state index in [-0.39, 0.29) is 6.92 Å². The van der Waals surface area contributed by atoms with Gasteiger partial charge in [0.1, 0.15) is 0 Å². The summed E-state index contributed by atoms with van der Waals surface area (Å²) in [6.45, 7) is -2.66. The van der Waals surface area contributed by atoms with Gasteiger partial charge in [0.15, 0.2) is 0 Å². The minimum absolute atomic E-state index is 0.164. The highest BCUT2D eigenvalue weighted by atomic mass is 32.2. The van der Waals surface area contributed by atoms with Crippen molar-refractivity contribution >= 4 is 10.0 Å². The third-order valence-corrected chi connectivity index (χ3v) is 6.18. The van der Waals surface area contributed by atoms with E-state index in [0.717, 1.165) is 0 Å². The van der Waals surface area contributed by atoms with Crippen LogP contribution in [0.2, 0.25) is 0 Å². The number of nitrogens with zero attached hydrogens (tertiary/aromatic N) is 1. The van der Waals surface area contributed by atoms with Crippen molar-refractivity contribution in [3.8, 4) is 0 Å². The highest BCUT2D eigenvalue weighted by molar-refractivity contribution is 7.90. The zero-order valence-electron chi connectivity index (χ0n) is 16.4. The molecule has 25 heteroatoms. The summed E-state index contributed by atoms with van der Waals surface area (Å²) >= 11 is 0. The second-order valence-electron chi connectivity index (χ2n) is 6.52. The molecule has 0 aromatic heterocycles. The Labute approximate surface area is 189 Å². The van der Waals surface area contributed by atoms with Crippen molar-refractivity contribution in [2.24, 2.45) is 0 Å². The molecule has 0 saturated carbocycles. The second-order valence-corrected chi connectivity index (χ2v) is 8.42. The maximum Gasteiger partial charge on any atom is 0.460 e. The molecule has 224 valence electrons. The van der Waals surface area contributed by atoms with Crippen LogP contribution in [-0.4, -0.2) is 78.7 Å². The van der Waals surface area contributed by atoms with Gasteiger partial charge in [0.25, 0.3) is 10.0 Å². The lowest BCUT2D eigenvalue weighted by Gasteiger charge is -2.43. The van der Waals surface area contributed by atoms with E-state index in [9.17, 15) is 101 Å². The van der Waals surface area contributed by atoms with E-state index in [1.165, 1.54) is 0 Å². The van der Waals surface area contributed by atoms with Crippen LogP contribution < -0.4 is 0 Å². The first kappa shape index (κ1) is 35.4. The van der Waals surface area contributed by atoms with Gasteiger partial charge in [-0.3, -0.25) is 0 Å². The van der Waals surface area contributed by atoms with E-state index in [1.807, 2.05) is 0 Å². The highest BCUT2D eigenvalue weighted by Crippen LogP contribution is 2.64. The van der Waals surface area contributed by atoms with Crippen LogP contribution in [0.25, 0.3) is 0 Å². The van der Waals surface area contributed by atoms with Crippen molar-refractivity contribution in [2.75, 3.05) is 6.54 Å². The third-order valence-electron chi connectivity index (χ3n) is 4.19. The molecule has 0 aliphatic heterocycles. The molecule has 3 nitrogen and oxygen atoms in total. The summed E-state index contributed by atoms with van der Waals surface area (Å²) < 4.78 is 294. The molecule has 0 atom stereocenters. The average molecular weight is 627 g/mol. The second kappa shape index (κ2) is 8.99. The van der Waals surface area contributed by atoms with Crippen molar-refractivity contribution in [3.63, 3.8) is 0 Å². The predicted molar refractivity (Wildman–Crippen MR) is 72.9 cm³/mol. The summed E-state index contributed by atoms with van der Waals surface area (Å²) in [5, 5.41) is -8.36. The fraction of sp³-hybridized carbons (Fsp3) is 1.00. The SMILES string of the molecule is CCN(C(F)(F)C(F)F)S(=O)(=O)C(F)(F)C(F)(F)C(F)(F)C(F)(F)C(F)(F)C(F)(F)C(F)(F)C(F)(F)F. The van der Waals surface area contributed by atoms with E-state index in [4.69, 9.17) is 0 Å². The lowest BCUT2D eigenvalue weighted by Crippen LogP contribution is -2.75. The Morgan fingerprint density at radius 2 is 0.811 bits per heavy atom. The predicted octanol–water partition coefficient (Wildman–Crippen LogP) is 6.46. The van der Waals surface area contributed by atoms with E-state index in [0.29, 0.717) is 0 Å². The van der Waals surface area contributed by atoms with Crippen LogP contribution >= 0.6 is 0 Å². The highest BCUT2D eigenvalue weighted by Gasteiger charge is 2.96. The topological polar surface area (TPSA) is 37.4 Å². The Kier molecular flexibility index (Phi) is 8.61. The van der Waals surface area contributed by atoms with Crippen molar-refractivity contribution in [3.05, 3.63) is 0 Å². The van der Waals surface area contributed by atoms with Crippen LogP contribution in [0.4, 0.5) is 92.2 Å². The van der Waals surface area contributed by atoms with Gasteiger partial charge in [-0.05, 0) is 0 Å². The van der Waals surface area contributed by atoms with Crippen molar-refractivity contribution in [2.45, 2.75) is 66.4 Å². The Morgan fingerprint density at radius 1 is 0.541 bits per heavy atom. The summed E-state index contributed by atoms with van der Waals surface area (Å²) in [5.41, 5.74) is 0. The zero-order chi connectivity index (χ0) is 30.9. The zero-order valence-corrected chi connectivity index (χ0v) is 17.2. The van der Waals surface area contributed by atoms with Crippen LogP contribution in [-0.2, 0) is 10.0 Å². The summed E-state index contributed by atoms with van der Waals surface area (Å²) in [5.74, 6) is -53.6. The lowest BCUT2D eigenvalue weighted by molar-refractivity contribution is -0.458. The summed E-state index contributed by atoms with van der Waals surface area (Å²) in [7, 11) is -8.54. The Balaban J connectivity index is 7.22. The van der Waals surface area contributed by atoms with Crippen molar-refractivity contribution < 1.29 is 101 Å². The minimum Gasteiger partial charge on any atom is -0.205 e. The molecule has 0 N–H and O–H groups in total. The lowest BCUT2D eigenvalue weighted by atomic mass is 9.91. The summed E-state index contributed by atoms with van der Waals surface area (Å²) in [4.78, 5) is 0. The van der Waals surface area contributed by atoms with Crippen LogP contribution in [0.3, 0.4) is 0 Å². The smallest absolute Gasteiger partial charge is 0.205 e. The number of hydrogen-bond donors (Lipinski definition) is 0. The van der Waals surface area contributed by atoms with Gasteiger partial charge in [-0.1, -0.05) is 6.92 Å². The van der Waals surface area contributed by atoms with E-state index < -0.39 is 80.3 Å². The molecule has 0 amide bonds. The van der Waals surface area contributed by atoms with Crippen LogP contribution in [0, 0.1) is 0 Å². The molecule has 0 spiro atoms. The Hall–Kier alpha value is -1.56. The van der Waals surface area contributed by atoms with Crippen LogP contribution in [0.1, 0.15) is 6.92 Å². The largest absolute Gasteiger partial charge is 0.460 e. The molecule has 37 heavy (non-hydrogen) atoms. The fourth-order valence-electron chi connectivity index (χ4n) is 2.10. The molecule has 0 aromatic carbocycles. The quantitative estimate of drug-likeness (QED) is 0.195. The molecule has 0 bridgehead atoms. The molecule has 0 aliphatic rings. The first-order valence-corrected chi connectivity index (χ1v) is 9.47. The number of alkyl halides is 21. The summed E-state index contributed by atoms with van der Waals surface area (Å²) in [6.07, 6.45) is -13.5. The maximum absolute atomic E-state index is 13.8. The first-order valence-electron chi connectivity index (χ1n) is 8.03. The molecule has 0 radical (unpaired) electrons. The Morgan fingerprint density at radius 3 is 1.05 bits per heavy atom. The third kappa shape index (κ3) is 4.43. The monoisotopic (exact) mass is 627 g/mol. The van der Waals surface area contributed by atoms with Gasteiger partial charge in [-0.25, -0.2) is 17.2 Å². The Bertz CT molecular complexity index is 936. The van der Waals surface area contributed by atoms with Crippen molar-refractivity contribution in [1.29, 1.82) is 0 Å². The molecular weight excluding hydrogens is 621 g/mol. The molecule has 0 heterocycles. The van der Waals surface area contributed by atoms with Gasteiger partial charge in [0.2, 0.25) is 0 Å². The first-order chi connectivity index (χ1) is 15.6. The minimum atomic E-state index is -9.18. The van der Waals surface area contributed by atoms with Gasteiger partial charge in [0.05, 0.1) is 0 Å². The molecule has 0 fully saturated rings. The summed E-state index contributed by atoms with van der Waals surface area (Å²) in [6, 6.07) is -6.55. The van der Waals surface area contributed by atoms with E-state index in [1.54, 1.807) is 0 Å². The molecule has 0 saturated heterocycles. The molecule has 0 aromatic rings. The number of hydrogen-bond acceptors (Lipinski definition) is 2. The maximum atomic E-state index is 13.8. The van der Waals surface area contributed by atoms with E-state index in [2.05, 4.69) is 0 Å². The van der Waals surface area contributed by atoms with Crippen LogP contribution in [0.15, 0.2) is 0 Å². The molecule has 0 aliphatic carbocycles. The van der Waals surface area contributed by atoms with Gasteiger partial charge < -0.3 is 0 Å². The van der Waals surface area contributed by atoms with Crippen molar-refractivity contribution in [1.82, 2.24) is 4.31 Å².